The third-order valence-corrected chi connectivity index (χ3v) is 7.08. The highest BCUT2D eigenvalue weighted by atomic mass is 32.1. The maximum absolute atomic E-state index is 13.8. The van der Waals surface area contributed by atoms with E-state index in [4.69, 9.17) is 9.40 Å². The van der Waals surface area contributed by atoms with Gasteiger partial charge < -0.3 is 4.42 Å². The molecule has 4 aromatic heterocycles. The second-order valence-electron chi connectivity index (χ2n) is 8.27. The third-order valence-electron chi connectivity index (χ3n) is 5.96. The second kappa shape index (κ2) is 6.57. The van der Waals surface area contributed by atoms with Crippen LogP contribution in [0.1, 0.15) is 41.3 Å². The molecule has 0 saturated carbocycles. The topological polar surface area (TPSA) is 42.8 Å². The molecule has 5 rings (SSSR count). The van der Waals surface area contributed by atoms with Crippen LogP contribution in [0.25, 0.3) is 43.5 Å². The molecule has 0 spiro atoms. The maximum atomic E-state index is 13.8. The van der Waals surface area contributed by atoms with Crippen LogP contribution in [-0.4, -0.2) is 9.97 Å². The highest BCUT2D eigenvalue weighted by Crippen LogP contribution is 2.43. The van der Waals surface area contributed by atoms with E-state index in [0.717, 1.165) is 49.0 Å². The first-order valence-electron chi connectivity index (χ1n) is 10.0. The lowest BCUT2D eigenvalue weighted by atomic mass is 9.95. The molecular formula is C24H23FN3OS+. The van der Waals surface area contributed by atoms with Gasteiger partial charge in [0.05, 0.1) is 12.6 Å². The number of hydrogen-bond acceptors (Lipinski definition) is 4. The van der Waals surface area contributed by atoms with E-state index in [1.807, 2.05) is 13.4 Å². The number of fused-ring (bicyclic) bond motifs is 4. The smallest absolute Gasteiger partial charge is 0.287 e. The SMILES string of the molecule is Cc1cc2c(oc3nc(F)ccc32)c(-c2c3sc(C)c(C(C)C)c3nc[n+]2C)c1C. The minimum absolute atomic E-state index is 0.328. The van der Waals surface area contributed by atoms with Gasteiger partial charge in [-0.05, 0) is 61.0 Å². The van der Waals surface area contributed by atoms with Gasteiger partial charge >= 0.3 is 0 Å². The fourth-order valence-electron chi connectivity index (χ4n) is 4.45. The van der Waals surface area contributed by atoms with Crippen molar-refractivity contribution in [3.05, 3.63) is 52.0 Å². The quantitative estimate of drug-likeness (QED) is 0.250. The summed E-state index contributed by atoms with van der Waals surface area (Å²) in [6, 6.07) is 5.24. The van der Waals surface area contributed by atoms with Crippen molar-refractivity contribution in [2.24, 2.45) is 7.05 Å². The molecule has 0 aliphatic heterocycles. The lowest BCUT2D eigenvalue weighted by Gasteiger charge is -2.11. The molecule has 30 heavy (non-hydrogen) atoms. The van der Waals surface area contributed by atoms with Gasteiger partial charge in [-0.2, -0.15) is 9.37 Å². The van der Waals surface area contributed by atoms with Crippen molar-refractivity contribution in [1.29, 1.82) is 0 Å². The number of thiophene rings is 1. The predicted molar refractivity (Wildman–Crippen MR) is 120 cm³/mol. The molecule has 0 saturated heterocycles. The third kappa shape index (κ3) is 2.59. The molecule has 152 valence electrons. The normalized spacial score (nSPS) is 12.1. The first-order chi connectivity index (χ1) is 14.3. The Morgan fingerprint density at radius 1 is 1.13 bits per heavy atom. The number of rotatable bonds is 2. The van der Waals surface area contributed by atoms with Crippen molar-refractivity contribution in [3.8, 4) is 11.3 Å². The van der Waals surface area contributed by atoms with Crippen LogP contribution in [-0.2, 0) is 7.05 Å². The second-order valence-corrected chi connectivity index (χ2v) is 9.49. The zero-order valence-corrected chi connectivity index (χ0v) is 18.7. The fourth-order valence-corrected chi connectivity index (χ4v) is 5.80. The van der Waals surface area contributed by atoms with E-state index in [1.54, 1.807) is 17.4 Å². The first-order valence-corrected chi connectivity index (χ1v) is 10.9. The summed E-state index contributed by atoms with van der Waals surface area (Å²) >= 11 is 1.77. The summed E-state index contributed by atoms with van der Waals surface area (Å²) < 4.78 is 23.1. The molecule has 0 amide bonds. The number of aromatic nitrogens is 3. The Kier molecular flexibility index (Phi) is 4.19. The van der Waals surface area contributed by atoms with Crippen LogP contribution in [0.15, 0.2) is 28.9 Å². The molecule has 6 heteroatoms. The summed E-state index contributed by atoms with van der Waals surface area (Å²) in [6.45, 7) is 10.8. The van der Waals surface area contributed by atoms with E-state index in [2.05, 4.69) is 50.2 Å². The highest BCUT2D eigenvalue weighted by molar-refractivity contribution is 7.19. The average Bonchev–Trinajstić information content (AvgIpc) is 3.20. The van der Waals surface area contributed by atoms with Gasteiger partial charge in [-0.1, -0.05) is 13.8 Å². The van der Waals surface area contributed by atoms with Gasteiger partial charge in [0.2, 0.25) is 17.2 Å². The maximum Gasteiger partial charge on any atom is 0.287 e. The molecule has 4 heterocycles. The van der Waals surface area contributed by atoms with Crippen molar-refractivity contribution < 1.29 is 13.4 Å². The summed E-state index contributed by atoms with van der Waals surface area (Å²) in [4.78, 5) is 10.0. The molecule has 1 aromatic carbocycles. The Morgan fingerprint density at radius 3 is 2.63 bits per heavy atom. The standard InChI is InChI=1S/C24H23FN3OS/c1-11(2)18-14(5)30-23-20(18)26-10-28(6)21(23)19-13(4)12(3)9-16-15-7-8-17(25)27-24(15)29-22(16)19/h7-11H,1-6H3/q+1. The van der Waals surface area contributed by atoms with E-state index in [1.165, 1.54) is 16.5 Å². The molecule has 4 nitrogen and oxygen atoms in total. The van der Waals surface area contributed by atoms with Crippen LogP contribution >= 0.6 is 11.3 Å². The zero-order valence-electron chi connectivity index (χ0n) is 17.9. The Labute approximate surface area is 178 Å². The number of halogens is 1. The van der Waals surface area contributed by atoms with E-state index in [-0.39, 0.29) is 0 Å². The van der Waals surface area contributed by atoms with E-state index < -0.39 is 5.95 Å². The summed E-state index contributed by atoms with van der Waals surface area (Å²) in [7, 11) is 2.01. The number of aryl methyl sites for hydroxylation is 3. The van der Waals surface area contributed by atoms with Gasteiger partial charge in [-0.3, -0.25) is 0 Å². The summed E-state index contributed by atoms with van der Waals surface area (Å²) in [5.74, 6) is -0.146. The average molecular weight is 421 g/mol. The molecule has 0 aliphatic rings. The Balaban J connectivity index is 1.98. The van der Waals surface area contributed by atoms with Crippen LogP contribution < -0.4 is 4.57 Å². The van der Waals surface area contributed by atoms with Gasteiger partial charge in [-0.15, -0.1) is 11.3 Å². The molecule has 0 bridgehead atoms. The number of furan rings is 1. The van der Waals surface area contributed by atoms with Crippen molar-refractivity contribution in [2.45, 2.75) is 40.5 Å². The molecule has 0 fully saturated rings. The van der Waals surface area contributed by atoms with E-state index in [0.29, 0.717) is 11.6 Å². The minimum atomic E-state index is -0.538. The number of pyridine rings is 1. The Morgan fingerprint density at radius 2 is 1.90 bits per heavy atom. The van der Waals surface area contributed by atoms with Crippen LogP contribution in [0.3, 0.4) is 0 Å². The fraction of sp³-hybridized carbons (Fsp3) is 0.292. The molecule has 0 N–H and O–H groups in total. The number of hydrogen-bond donors (Lipinski definition) is 0. The molecule has 0 radical (unpaired) electrons. The van der Waals surface area contributed by atoms with Gasteiger partial charge in [-0.25, -0.2) is 4.57 Å². The summed E-state index contributed by atoms with van der Waals surface area (Å²) in [6.07, 6.45) is 1.88. The predicted octanol–water partition coefficient (Wildman–Crippen LogP) is 6.27. The zero-order chi connectivity index (χ0) is 21.3. The molecule has 5 aromatic rings. The van der Waals surface area contributed by atoms with Crippen molar-refractivity contribution in [1.82, 2.24) is 9.97 Å². The van der Waals surface area contributed by atoms with E-state index in [9.17, 15) is 4.39 Å². The van der Waals surface area contributed by atoms with Gasteiger partial charge in [0.15, 0.2) is 5.69 Å². The van der Waals surface area contributed by atoms with Gasteiger partial charge in [0.1, 0.15) is 10.3 Å². The number of nitrogens with zero attached hydrogens (tertiary/aromatic N) is 3. The lowest BCUT2D eigenvalue weighted by molar-refractivity contribution is -0.662. The van der Waals surface area contributed by atoms with Crippen molar-refractivity contribution in [3.63, 3.8) is 0 Å². The van der Waals surface area contributed by atoms with E-state index >= 15 is 0 Å². The molecule has 0 atom stereocenters. The summed E-state index contributed by atoms with van der Waals surface area (Å²) in [5.41, 5.74) is 7.82. The van der Waals surface area contributed by atoms with Crippen molar-refractivity contribution in [2.75, 3.05) is 0 Å². The monoisotopic (exact) mass is 420 g/mol. The molecule has 0 unspecified atom stereocenters. The Hall–Kier alpha value is -2.86. The minimum Gasteiger partial charge on any atom is -0.437 e. The van der Waals surface area contributed by atoms with Crippen molar-refractivity contribution >= 4 is 43.6 Å². The van der Waals surface area contributed by atoms with Crippen LogP contribution in [0.5, 0.6) is 0 Å². The first kappa shape index (κ1) is 19.1. The van der Waals surface area contributed by atoms with Crippen LogP contribution in [0.4, 0.5) is 4.39 Å². The highest BCUT2D eigenvalue weighted by Gasteiger charge is 2.28. The largest absolute Gasteiger partial charge is 0.437 e. The Bertz CT molecular complexity index is 1480. The number of benzene rings is 1. The summed E-state index contributed by atoms with van der Waals surface area (Å²) in [5, 5.41) is 1.78. The van der Waals surface area contributed by atoms with Crippen LogP contribution in [0.2, 0.25) is 0 Å². The van der Waals surface area contributed by atoms with Gasteiger partial charge in [0, 0.05) is 21.2 Å². The van der Waals surface area contributed by atoms with Crippen LogP contribution in [0, 0.1) is 26.7 Å². The van der Waals surface area contributed by atoms with Gasteiger partial charge in [0.25, 0.3) is 6.33 Å². The molecular weight excluding hydrogens is 397 g/mol. The lowest BCUT2D eigenvalue weighted by Crippen LogP contribution is -2.31. The molecule has 0 aliphatic carbocycles.